The fraction of sp³-hybridized carbons (Fsp3) is 0.211. The second-order valence-corrected chi connectivity index (χ2v) is 7.03. The second-order valence-electron chi connectivity index (χ2n) is 6.00. The predicted molar refractivity (Wildman–Crippen MR) is 104 cm³/mol. The molecule has 1 aromatic heterocycles. The summed E-state index contributed by atoms with van der Waals surface area (Å²) in [5.41, 5.74) is 1.80. The number of nitrogens with zero attached hydrogens (tertiary/aromatic N) is 1. The van der Waals surface area contributed by atoms with Crippen LogP contribution in [0.25, 0.3) is 10.2 Å². The van der Waals surface area contributed by atoms with Crippen molar-refractivity contribution in [3.63, 3.8) is 0 Å². The lowest BCUT2D eigenvalue weighted by Gasteiger charge is -2.09. The van der Waals surface area contributed by atoms with Gasteiger partial charge in [-0.1, -0.05) is 37.3 Å². The van der Waals surface area contributed by atoms with E-state index in [4.69, 9.17) is 4.74 Å². The number of ether oxygens (including phenoxy) is 1. The Labute approximate surface area is 155 Å². The highest BCUT2D eigenvalue weighted by Crippen LogP contribution is 2.29. The van der Waals surface area contributed by atoms with E-state index in [2.05, 4.69) is 15.6 Å². The van der Waals surface area contributed by atoms with Gasteiger partial charge in [-0.2, -0.15) is 0 Å². The van der Waals surface area contributed by atoms with Crippen LogP contribution in [0.3, 0.4) is 0 Å². The molecular formula is C19H19N3O3S. The van der Waals surface area contributed by atoms with Gasteiger partial charge in [0.05, 0.1) is 22.9 Å². The molecule has 3 aromatic rings. The highest BCUT2D eigenvalue weighted by atomic mass is 32.1. The minimum atomic E-state index is -0.259. The monoisotopic (exact) mass is 369 g/mol. The van der Waals surface area contributed by atoms with E-state index in [0.29, 0.717) is 27.6 Å². The number of fused-ring (bicyclic) bond motifs is 1. The molecule has 0 bridgehead atoms. The number of carbonyl (C=O) groups is 2. The molecule has 0 unspecified atom stereocenters. The van der Waals surface area contributed by atoms with E-state index in [0.717, 1.165) is 4.70 Å². The molecule has 2 N–H and O–H groups in total. The maximum Gasteiger partial charge on any atom is 0.259 e. The molecule has 7 heteroatoms. The van der Waals surface area contributed by atoms with Crippen LogP contribution in [0.2, 0.25) is 0 Å². The third-order valence-corrected chi connectivity index (χ3v) is 4.70. The number of para-hydroxylation sites is 1. The summed E-state index contributed by atoms with van der Waals surface area (Å²) in [6, 6.07) is 12.5. The Balaban J connectivity index is 1.80. The van der Waals surface area contributed by atoms with Gasteiger partial charge in [0.1, 0.15) is 5.75 Å². The van der Waals surface area contributed by atoms with Gasteiger partial charge in [-0.25, -0.2) is 4.98 Å². The zero-order chi connectivity index (χ0) is 18.7. The SMILES string of the molecule is COc1ccccc1C(=O)Nc1ccc2sc(NC(=O)C(C)C)nc2c1. The molecule has 1 heterocycles. The van der Waals surface area contributed by atoms with Crippen molar-refractivity contribution in [2.24, 2.45) is 5.92 Å². The highest BCUT2D eigenvalue weighted by molar-refractivity contribution is 7.22. The van der Waals surface area contributed by atoms with E-state index in [9.17, 15) is 9.59 Å². The minimum absolute atomic E-state index is 0.0752. The second kappa shape index (κ2) is 7.53. The van der Waals surface area contributed by atoms with Crippen molar-refractivity contribution < 1.29 is 14.3 Å². The molecule has 3 rings (SSSR count). The fourth-order valence-corrected chi connectivity index (χ4v) is 3.19. The van der Waals surface area contributed by atoms with Crippen molar-refractivity contribution in [1.82, 2.24) is 4.98 Å². The van der Waals surface area contributed by atoms with Gasteiger partial charge in [0, 0.05) is 11.6 Å². The summed E-state index contributed by atoms with van der Waals surface area (Å²) in [5, 5.41) is 6.20. The molecule has 0 atom stereocenters. The molecule has 2 aromatic carbocycles. The Hall–Kier alpha value is -2.93. The van der Waals surface area contributed by atoms with Crippen LogP contribution in [0.5, 0.6) is 5.75 Å². The van der Waals surface area contributed by atoms with Crippen LogP contribution < -0.4 is 15.4 Å². The van der Waals surface area contributed by atoms with Crippen LogP contribution in [0.4, 0.5) is 10.8 Å². The van der Waals surface area contributed by atoms with Crippen molar-refractivity contribution >= 4 is 44.2 Å². The third kappa shape index (κ3) is 3.83. The third-order valence-electron chi connectivity index (χ3n) is 3.75. The quantitative estimate of drug-likeness (QED) is 0.708. The van der Waals surface area contributed by atoms with Gasteiger partial charge in [-0.3, -0.25) is 9.59 Å². The summed E-state index contributed by atoms with van der Waals surface area (Å²) in [6.45, 7) is 3.66. The number of benzene rings is 2. The van der Waals surface area contributed by atoms with E-state index in [1.807, 2.05) is 32.0 Å². The lowest BCUT2D eigenvalue weighted by molar-refractivity contribution is -0.118. The van der Waals surface area contributed by atoms with Crippen LogP contribution in [0, 0.1) is 5.92 Å². The minimum Gasteiger partial charge on any atom is -0.496 e. The molecule has 0 radical (unpaired) electrons. The molecule has 0 saturated heterocycles. The van der Waals surface area contributed by atoms with Crippen molar-refractivity contribution in [3.05, 3.63) is 48.0 Å². The lowest BCUT2D eigenvalue weighted by Crippen LogP contribution is -2.17. The Kier molecular flexibility index (Phi) is 5.18. The molecule has 0 aliphatic carbocycles. The van der Waals surface area contributed by atoms with Crippen LogP contribution in [0.1, 0.15) is 24.2 Å². The number of hydrogen-bond donors (Lipinski definition) is 2. The molecule has 26 heavy (non-hydrogen) atoms. The number of hydrogen-bond acceptors (Lipinski definition) is 5. The first-order chi connectivity index (χ1) is 12.5. The Morgan fingerprint density at radius 3 is 2.62 bits per heavy atom. The number of rotatable bonds is 5. The standard InChI is InChI=1S/C19H19N3O3S/c1-11(2)17(23)22-19-21-14-10-12(8-9-16(14)26-19)20-18(24)13-6-4-5-7-15(13)25-3/h4-11H,1-3H3,(H,20,24)(H,21,22,23). The molecule has 6 nitrogen and oxygen atoms in total. The van der Waals surface area contributed by atoms with Crippen LogP contribution in [-0.2, 0) is 4.79 Å². The van der Waals surface area contributed by atoms with Gasteiger partial charge >= 0.3 is 0 Å². The Bertz CT molecular complexity index is 966. The highest BCUT2D eigenvalue weighted by Gasteiger charge is 2.14. The van der Waals surface area contributed by atoms with Crippen molar-refractivity contribution in [3.8, 4) is 5.75 Å². The smallest absolute Gasteiger partial charge is 0.259 e. The van der Waals surface area contributed by atoms with Crippen LogP contribution in [-0.4, -0.2) is 23.9 Å². The molecule has 0 fully saturated rings. The van der Waals surface area contributed by atoms with Crippen LogP contribution >= 0.6 is 11.3 Å². The molecule has 0 spiro atoms. The molecule has 2 amide bonds. The molecular weight excluding hydrogens is 350 g/mol. The number of anilines is 2. The van der Waals surface area contributed by atoms with Gasteiger partial charge in [0.25, 0.3) is 5.91 Å². The normalized spacial score (nSPS) is 10.8. The zero-order valence-electron chi connectivity index (χ0n) is 14.7. The summed E-state index contributed by atoms with van der Waals surface area (Å²) in [4.78, 5) is 28.7. The zero-order valence-corrected chi connectivity index (χ0v) is 15.5. The summed E-state index contributed by atoms with van der Waals surface area (Å²) >= 11 is 1.40. The number of amides is 2. The topological polar surface area (TPSA) is 80.3 Å². The first-order valence-electron chi connectivity index (χ1n) is 8.13. The lowest BCUT2D eigenvalue weighted by atomic mass is 10.2. The summed E-state index contributed by atoms with van der Waals surface area (Å²) in [5.74, 6) is 0.0650. The fourth-order valence-electron chi connectivity index (χ4n) is 2.34. The molecule has 134 valence electrons. The predicted octanol–water partition coefficient (Wildman–Crippen LogP) is 4.15. The van der Waals surface area contributed by atoms with E-state index in [-0.39, 0.29) is 17.7 Å². The first-order valence-corrected chi connectivity index (χ1v) is 8.95. The Morgan fingerprint density at radius 2 is 1.88 bits per heavy atom. The van der Waals surface area contributed by atoms with Gasteiger partial charge in [-0.05, 0) is 30.3 Å². The van der Waals surface area contributed by atoms with Crippen molar-refractivity contribution in [2.45, 2.75) is 13.8 Å². The van der Waals surface area contributed by atoms with Crippen LogP contribution in [0.15, 0.2) is 42.5 Å². The average molecular weight is 369 g/mol. The number of thiazole rings is 1. The van der Waals surface area contributed by atoms with Gasteiger partial charge in [0.15, 0.2) is 5.13 Å². The maximum atomic E-state index is 12.5. The number of nitrogens with one attached hydrogen (secondary N) is 2. The van der Waals surface area contributed by atoms with Gasteiger partial charge in [-0.15, -0.1) is 0 Å². The summed E-state index contributed by atoms with van der Waals surface area (Å²) < 4.78 is 6.15. The van der Waals surface area contributed by atoms with Crippen molar-refractivity contribution in [2.75, 3.05) is 17.7 Å². The molecule has 0 saturated carbocycles. The summed E-state index contributed by atoms with van der Waals surface area (Å²) in [6.07, 6.45) is 0. The maximum absolute atomic E-state index is 12.5. The molecule has 0 aliphatic heterocycles. The van der Waals surface area contributed by atoms with Crippen molar-refractivity contribution in [1.29, 1.82) is 0 Å². The first kappa shape index (κ1) is 17.9. The van der Waals surface area contributed by atoms with Gasteiger partial charge in [0.2, 0.25) is 5.91 Å². The van der Waals surface area contributed by atoms with E-state index in [1.54, 1.807) is 24.3 Å². The number of carbonyl (C=O) groups excluding carboxylic acids is 2. The number of aromatic nitrogens is 1. The number of methoxy groups -OCH3 is 1. The van der Waals surface area contributed by atoms with E-state index >= 15 is 0 Å². The van der Waals surface area contributed by atoms with E-state index in [1.165, 1.54) is 18.4 Å². The molecule has 0 aliphatic rings. The Morgan fingerprint density at radius 1 is 1.12 bits per heavy atom. The largest absolute Gasteiger partial charge is 0.496 e. The summed E-state index contributed by atoms with van der Waals surface area (Å²) in [7, 11) is 1.53. The van der Waals surface area contributed by atoms with Gasteiger partial charge < -0.3 is 15.4 Å². The van der Waals surface area contributed by atoms with E-state index < -0.39 is 0 Å². The average Bonchev–Trinajstić information content (AvgIpc) is 3.02.